The molecule has 3 aromatic carbocycles. The molecule has 7 amide bonds. The normalized spacial score (nSPS) is 15.0. The minimum Gasteiger partial charge on any atom is -0.380 e. The van der Waals surface area contributed by atoms with Crippen molar-refractivity contribution in [3.63, 3.8) is 0 Å². The van der Waals surface area contributed by atoms with Crippen molar-refractivity contribution in [1.82, 2.24) is 26.3 Å². The van der Waals surface area contributed by atoms with Crippen LogP contribution in [0.15, 0.2) is 78.9 Å². The van der Waals surface area contributed by atoms with Gasteiger partial charge in [-0.05, 0) is 40.2 Å². The van der Waals surface area contributed by atoms with E-state index in [-0.39, 0.29) is 63.6 Å². The number of rotatable bonds is 21. The van der Waals surface area contributed by atoms with E-state index in [1.165, 1.54) is 0 Å². The van der Waals surface area contributed by atoms with Gasteiger partial charge in [-0.1, -0.05) is 113 Å². The molecule has 0 aliphatic carbocycles. The van der Waals surface area contributed by atoms with Crippen molar-refractivity contribution in [2.75, 3.05) is 37.7 Å². The van der Waals surface area contributed by atoms with Crippen LogP contribution in [0, 0.1) is 10.8 Å². The fourth-order valence-corrected chi connectivity index (χ4v) is 7.34. The second-order valence-electron chi connectivity index (χ2n) is 17.8. The standard InChI is InChI=1S/C49H60N6O10/c1-6-34-25-35-16-10-11-17-36(35)29-54(39-19-13-12-18-37(34)39)44(60)21-20-40(56)52-30-49(4,5)32-64-31-48(2,3)26-41(57)50-27-42(58)51-28-43(59)53-38(24-33-14-8-7-9-15-33)47(63)65-55-45(61)22-23-46(55)62/h7-19,25,38H,6,20-24,26-32H2,1-5H3,(H,50,57)(H,51,58)(H,52,56)(H,53,59)/b34-25-/t38-/m0/s1. The number of hydrogen-bond acceptors (Lipinski definition) is 10. The Morgan fingerprint density at radius 1 is 0.708 bits per heavy atom. The van der Waals surface area contributed by atoms with Crippen LogP contribution in [0.2, 0.25) is 0 Å². The molecule has 5 rings (SSSR count). The van der Waals surface area contributed by atoms with Crippen LogP contribution in [-0.2, 0) is 60.9 Å². The van der Waals surface area contributed by atoms with E-state index in [9.17, 15) is 38.4 Å². The third-order valence-corrected chi connectivity index (χ3v) is 10.9. The van der Waals surface area contributed by atoms with Crippen LogP contribution in [0.25, 0.3) is 11.6 Å². The number of amides is 7. The van der Waals surface area contributed by atoms with Crippen LogP contribution in [-0.4, -0.2) is 91.3 Å². The monoisotopic (exact) mass is 892 g/mol. The Balaban J connectivity index is 0.998. The largest absolute Gasteiger partial charge is 0.380 e. The van der Waals surface area contributed by atoms with Gasteiger partial charge in [-0.3, -0.25) is 33.6 Å². The maximum atomic E-state index is 13.7. The van der Waals surface area contributed by atoms with Crippen LogP contribution >= 0.6 is 0 Å². The van der Waals surface area contributed by atoms with E-state index < -0.39 is 65.5 Å². The average Bonchev–Trinajstić information content (AvgIpc) is 3.58. The van der Waals surface area contributed by atoms with Gasteiger partial charge in [-0.25, -0.2) is 4.79 Å². The molecule has 1 saturated heterocycles. The van der Waals surface area contributed by atoms with Gasteiger partial charge in [0.25, 0.3) is 11.8 Å². The molecular weight excluding hydrogens is 833 g/mol. The molecule has 2 aliphatic heterocycles. The van der Waals surface area contributed by atoms with Gasteiger partial charge in [0.2, 0.25) is 29.5 Å². The maximum absolute atomic E-state index is 13.7. The van der Waals surface area contributed by atoms with E-state index in [0.717, 1.165) is 34.4 Å². The van der Waals surface area contributed by atoms with Crippen LogP contribution < -0.4 is 26.2 Å². The van der Waals surface area contributed by atoms with Crippen LogP contribution in [0.4, 0.5) is 5.69 Å². The van der Waals surface area contributed by atoms with E-state index >= 15 is 0 Å². The van der Waals surface area contributed by atoms with Gasteiger partial charge in [0, 0.05) is 56.0 Å². The smallest absolute Gasteiger partial charge is 0.355 e. The lowest BCUT2D eigenvalue weighted by atomic mass is 9.89. The van der Waals surface area contributed by atoms with E-state index in [0.29, 0.717) is 23.7 Å². The minimum atomic E-state index is -1.27. The molecule has 1 atom stereocenters. The molecule has 1 fully saturated rings. The van der Waals surface area contributed by atoms with Crippen molar-refractivity contribution >= 4 is 64.7 Å². The summed E-state index contributed by atoms with van der Waals surface area (Å²) in [4.78, 5) is 109. The zero-order valence-corrected chi connectivity index (χ0v) is 37.8. The van der Waals surface area contributed by atoms with Crippen LogP contribution in [0.3, 0.4) is 0 Å². The van der Waals surface area contributed by atoms with Crippen LogP contribution in [0.1, 0.15) is 95.4 Å². The highest BCUT2D eigenvalue weighted by Gasteiger charge is 2.36. The Morgan fingerprint density at radius 2 is 1.34 bits per heavy atom. The quantitative estimate of drug-likeness (QED) is 0.111. The number of imide groups is 1. The summed E-state index contributed by atoms with van der Waals surface area (Å²) in [6, 6.07) is 23.3. The Morgan fingerprint density at radius 3 is 2.06 bits per heavy atom. The number of ether oxygens (including phenoxy) is 1. The second kappa shape index (κ2) is 22.8. The molecule has 0 saturated carbocycles. The number of carbonyl (C=O) groups is 8. The summed E-state index contributed by atoms with van der Waals surface area (Å²) in [5.74, 6) is -4.53. The third kappa shape index (κ3) is 15.0. The maximum Gasteiger partial charge on any atom is 0.355 e. The number of para-hydroxylation sites is 1. The number of anilines is 1. The first-order valence-electron chi connectivity index (χ1n) is 21.9. The summed E-state index contributed by atoms with van der Waals surface area (Å²) in [7, 11) is 0. The molecule has 16 heteroatoms. The van der Waals surface area contributed by atoms with Crippen molar-refractivity contribution in [3.8, 4) is 0 Å². The van der Waals surface area contributed by atoms with E-state index in [2.05, 4.69) is 40.3 Å². The summed E-state index contributed by atoms with van der Waals surface area (Å²) >= 11 is 0. The number of nitrogens with zero attached hydrogens (tertiary/aromatic N) is 2. The molecule has 16 nitrogen and oxygen atoms in total. The Kier molecular flexibility index (Phi) is 17.3. The van der Waals surface area contributed by atoms with Crippen molar-refractivity contribution in [2.45, 2.75) is 92.2 Å². The first-order valence-corrected chi connectivity index (χ1v) is 21.9. The first kappa shape index (κ1) is 49.3. The zero-order chi connectivity index (χ0) is 47.1. The number of hydroxylamine groups is 2. The fraction of sp³-hybridized carbons (Fsp3) is 0.429. The highest BCUT2D eigenvalue weighted by atomic mass is 16.7. The topological polar surface area (TPSA) is 210 Å². The molecule has 0 aromatic heterocycles. The zero-order valence-electron chi connectivity index (χ0n) is 37.8. The van der Waals surface area contributed by atoms with Crippen molar-refractivity contribution in [2.24, 2.45) is 10.8 Å². The predicted molar refractivity (Wildman–Crippen MR) is 243 cm³/mol. The summed E-state index contributed by atoms with van der Waals surface area (Å²) in [5.41, 5.74) is 4.66. The van der Waals surface area contributed by atoms with Crippen molar-refractivity contribution in [1.29, 1.82) is 0 Å². The second-order valence-corrected chi connectivity index (χ2v) is 17.8. The van der Waals surface area contributed by atoms with Gasteiger partial charge in [-0.2, -0.15) is 0 Å². The number of carbonyl (C=O) groups excluding carboxylic acids is 8. The Hall–Kier alpha value is -6.68. The van der Waals surface area contributed by atoms with Gasteiger partial charge in [0.05, 0.1) is 38.5 Å². The van der Waals surface area contributed by atoms with E-state index in [4.69, 9.17) is 9.57 Å². The number of fused-ring (bicyclic) bond motifs is 2. The third-order valence-electron chi connectivity index (χ3n) is 10.9. The lowest BCUT2D eigenvalue weighted by Gasteiger charge is -2.29. The SMILES string of the molecule is CC/C1=C/c2ccccc2CN(C(=O)CCC(=O)NCC(C)(C)COCC(C)(C)CC(=O)NCC(=O)NCC(=O)N[C@@H](Cc2ccccc2)C(=O)ON2C(=O)CCC2=O)c2ccccc21. The molecular formula is C49H60N6O10. The highest BCUT2D eigenvalue weighted by molar-refractivity contribution is 6.02. The summed E-state index contributed by atoms with van der Waals surface area (Å²) in [5, 5.41) is 10.8. The average molecular weight is 893 g/mol. The van der Waals surface area contributed by atoms with Gasteiger partial charge in [0.15, 0.2) is 0 Å². The number of benzene rings is 3. The molecule has 0 radical (unpaired) electrons. The highest BCUT2D eigenvalue weighted by Crippen LogP contribution is 2.35. The molecule has 2 heterocycles. The molecule has 0 unspecified atom stereocenters. The van der Waals surface area contributed by atoms with Crippen molar-refractivity contribution < 1.29 is 47.9 Å². The minimum absolute atomic E-state index is 0.00695. The number of hydrogen-bond donors (Lipinski definition) is 4. The van der Waals surface area contributed by atoms with Gasteiger partial charge in [-0.15, -0.1) is 5.06 Å². The predicted octanol–water partition coefficient (Wildman–Crippen LogP) is 4.41. The summed E-state index contributed by atoms with van der Waals surface area (Å²) in [6.07, 6.45) is 2.90. The van der Waals surface area contributed by atoms with Crippen LogP contribution in [0.5, 0.6) is 0 Å². The van der Waals surface area contributed by atoms with E-state index in [1.54, 1.807) is 35.2 Å². The molecule has 65 heavy (non-hydrogen) atoms. The molecule has 3 aromatic rings. The fourth-order valence-electron chi connectivity index (χ4n) is 7.34. The van der Waals surface area contributed by atoms with E-state index in [1.807, 2.05) is 70.2 Å². The Labute approximate surface area is 379 Å². The van der Waals surface area contributed by atoms with Crippen molar-refractivity contribution in [3.05, 3.63) is 101 Å². The van der Waals surface area contributed by atoms with Gasteiger partial charge < -0.3 is 35.7 Å². The Bertz CT molecular complexity index is 2260. The summed E-state index contributed by atoms with van der Waals surface area (Å²) < 4.78 is 6.01. The number of nitrogens with one attached hydrogen (secondary N) is 4. The molecule has 346 valence electrons. The number of allylic oxidation sites excluding steroid dienone is 1. The lowest BCUT2D eigenvalue weighted by Crippen LogP contribution is -2.50. The van der Waals surface area contributed by atoms with Gasteiger partial charge in [0.1, 0.15) is 6.04 Å². The van der Waals surface area contributed by atoms with Gasteiger partial charge >= 0.3 is 5.97 Å². The lowest BCUT2D eigenvalue weighted by molar-refractivity contribution is -0.199. The molecule has 0 bridgehead atoms. The molecule has 4 N–H and O–H groups in total. The molecule has 2 aliphatic rings. The molecule has 0 spiro atoms. The summed E-state index contributed by atoms with van der Waals surface area (Å²) in [6.45, 7) is 9.92. The first-order chi connectivity index (χ1) is 30.9.